The van der Waals surface area contributed by atoms with Gasteiger partial charge in [-0.15, -0.1) is 0 Å². The Bertz CT molecular complexity index is 330. The molecule has 0 N–H and O–H groups in total. The molecule has 0 heterocycles. The lowest BCUT2D eigenvalue weighted by atomic mass is 9.74. The molecule has 0 bridgehead atoms. The van der Waals surface area contributed by atoms with Crippen molar-refractivity contribution in [3.63, 3.8) is 0 Å². The summed E-state index contributed by atoms with van der Waals surface area (Å²) in [6.07, 6.45) is 13.2. The highest BCUT2D eigenvalue weighted by Crippen LogP contribution is 2.46. The SMILES string of the molecule is C=CC(=O)OC1=CC=CC12CCCCC2. The van der Waals surface area contributed by atoms with Crippen molar-refractivity contribution >= 4 is 5.97 Å². The second kappa shape index (κ2) is 4.05. The van der Waals surface area contributed by atoms with Crippen LogP contribution in [0.15, 0.2) is 36.6 Å². The molecule has 0 radical (unpaired) electrons. The first-order valence-electron chi connectivity index (χ1n) is 5.51. The summed E-state index contributed by atoms with van der Waals surface area (Å²) in [5.41, 5.74) is 0.0108. The van der Waals surface area contributed by atoms with Crippen LogP contribution in [0.1, 0.15) is 32.1 Å². The zero-order chi connectivity index (χ0) is 10.7. The first-order chi connectivity index (χ1) is 7.27. The van der Waals surface area contributed by atoms with Gasteiger partial charge in [0.15, 0.2) is 0 Å². The number of ether oxygens (including phenoxy) is 1. The Morgan fingerprint density at radius 2 is 2.13 bits per heavy atom. The van der Waals surface area contributed by atoms with Crippen LogP contribution in [-0.4, -0.2) is 5.97 Å². The maximum atomic E-state index is 11.2. The molecule has 2 rings (SSSR count). The van der Waals surface area contributed by atoms with Gasteiger partial charge in [0.25, 0.3) is 0 Å². The third-order valence-electron chi connectivity index (χ3n) is 3.28. The van der Waals surface area contributed by atoms with Crippen LogP contribution in [0, 0.1) is 5.41 Å². The summed E-state index contributed by atoms with van der Waals surface area (Å²) in [5.74, 6) is 0.460. The van der Waals surface area contributed by atoms with Crippen molar-refractivity contribution < 1.29 is 9.53 Å². The van der Waals surface area contributed by atoms with Gasteiger partial charge >= 0.3 is 5.97 Å². The maximum Gasteiger partial charge on any atom is 0.335 e. The number of carbonyl (C=O) groups excluding carboxylic acids is 1. The summed E-state index contributed by atoms with van der Waals surface area (Å²) in [4.78, 5) is 11.2. The number of rotatable bonds is 2. The smallest absolute Gasteiger partial charge is 0.335 e. The van der Waals surface area contributed by atoms with E-state index in [-0.39, 0.29) is 11.4 Å². The minimum atomic E-state index is -0.352. The molecule has 0 unspecified atom stereocenters. The molecule has 0 aromatic heterocycles. The van der Waals surface area contributed by atoms with E-state index in [2.05, 4.69) is 12.7 Å². The zero-order valence-electron chi connectivity index (χ0n) is 8.87. The van der Waals surface area contributed by atoms with Gasteiger partial charge in [-0.3, -0.25) is 0 Å². The molecule has 0 aliphatic heterocycles. The average Bonchev–Trinajstić information content (AvgIpc) is 2.63. The van der Waals surface area contributed by atoms with Crippen LogP contribution < -0.4 is 0 Å². The fourth-order valence-corrected chi connectivity index (χ4v) is 2.45. The molecule has 2 aliphatic carbocycles. The standard InChI is InChI=1S/C13H16O2/c1-2-12(14)15-11-7-6-10-13(11)8-4-3-5-9-13/h2,6-7,10H,1,3-5,8-9H2. The number of carbonyl (C=O) groups is 1. The molecule has 1 fully saturated rings. The van der Waals surface area contributed by atoms with E-state index in [0.29, 0.717) is 0 Å². The number of esters is 1. The van der Waals surface area contributed by atoms with Crippen molar-refractivity contribution in [1.82, 2.24) is 0 Å². The molecule has 2 nitrogen and oxygen atoms in total. The monoisotopic (exact) mass is 204 g/mol. The van der Waals surface area contributed by atoms with Gasteiger partial charge in [0.05, 0.1) is 0 Å². The van der Waals surface area contributed by atoms with Crippen molar-refractivity contribution in [2.24, 2.45) is 5.41 Å². The molecule has 1 saturated carbocycles. The highest BCUT2D eigenvalue weighted by molar-refractivity contribution is 5.82. The van der Waals surface area contributed by atoms with Crippen molar-refractivity contribution in [2.45, 2.75) is 32.1 Å². The minimum absolute atomic E-state index is 0.0108. The summed E-state index contributed by atoms with van der Waals surface area (Å²) in [6.45, 7) is 3.41. The Labute approximate surface area is 90.3 Å². The van der Waals surface area contributed by atoms with Gasteiger partial charge in [-0.05, 0) is 18.9 Å². The molecule has 0 aromatic carbocycles. The van der Waals surface area contributed by atoms with Crippen LogP contribution in [0.4, 0.5) is 0 Å². The Hall–Kier alpha value is -1.31. The predicted octanol–water partition coefficient (Wildman–Crippen LogP) is 3.12. The number of allylic oxidation sites excluding steroid dienone is 3. The molecule has 0 atom stereocenters. The Morgan fingerprint density at radius 3 is 2.80 bits per heavy atom. The highest BCUT2D eigenvalue weighted by atomic mass is 16.5. The normalized spacial score (nSPS) is 22.5. The summed E-state index contributed by atoms with van der Waals surface area (Å²) in [7, 11) is 0. The highest BCUT2D eigenvalue weighted by Gasteiger charge is 2.37. The Kier molecular flexibility index (Phi) is 2.76. The van der Waals surface area contributed by atoms with Crippen molar-refractivity contribution in [1.29, 1.82) is 0 Å². The van der Waals surface area contributed by atoms with Crippen molar-refractivity contribution in [2.75, 3.05) is 0 Å². The van der Waals surface area contributed by atoms with Gasteiger partial charge in [-0.25, -0.2) is 4.79 Å². The van der Waals surface area contributed by atoms with E-state index in [1.165, 1.54) is 25.3 Å². The number of hydrogen-bond donors (Lipinski definition) is 0. The van der Waals surface area contributed by atoms with Crippen LogP contribution >= 0.6 is 0 Å². The third kappa shape index (κ3) is 1.89. The van der Waals surface area contributed by atoms with Crippen LogP contribution in [0.3, 0.4) is 0 Å². The molecule has 1 spiro atoms. The first-order valence-corrected chi connectivity index (χ1v) is 5.51. The molecule has 0 amide bonds. The van der Waals surface area contributed by atoms with E-state index in [9.17, 15) is 4.79 Å². The molecule has 2 aliphatic rings. The maximum absolute atomic E-state index is 11.2. The molecule has 0 saturated heterocycles. The largest absolute Gasteiger partial charge is 0.427 e. The molecule has 80 valence electrons. The second-order valence-corrected chi connectivity index (χ2v) is 4.23. The zero-order valence-corrected chi connectivity index (χ0v) is 8.87. The van der Waals surface area contributed by atoms with E-state index in [0.717, 1.165) is 18.6 Å². The van der Waals surface area contributed by atoms with Gasteiger partial charge in [-0.2, -0.15) is 0 Å². The Balaban J connectivity index is 2.11. The van der Waals surface area contributed by atoms with Gasteiger partial charge in [-0.1, -0.05) is 38.0 Å². The lowest BCUT2D eigenvalue weighted by Crippen LogP contribution is -2.24. The van der Waals surface area contributed by atoms with E-state index in [1.54, 1.807) is 0 Å². The van der Waals surface area contributed by atoms with E-state index in [4.69, 9.17) is 4.74 Å². The minimum Gasteiger partial charge on any atom is -0.427 e. The second-order valence-electron chi connectivity index (χ2n) is 4.23. The fourth-order valence-electron chi connectivity index (χ4n) is 2.45. The van der Waals surface area contributed by atoms with E-state index in [1.807, 2.05) is 12.2 Å². The molecule has 0 aromatic rings. The lowest BCUT2D eigenvalue weighted by molar-refractivity contribution is -0.135. The molecule has 15 heavy (non-hydrogen) atoms. The molecular weight excluding hydrogens is 188 g/mol. The van der Waals surface area contributed by atoms with E-state index >= 15 is 0 Å². The van der Waals surface area contributed by atoms with Gasteiger partial charge in [0, 0.05) is 11.5 Å². The van der Waals surface area contributed by atoms with Crippen LogP contribution in [0.5, 0.6) is 0 Å². The van der Waals surface area contributed by atoms with Crippen LogP contribution in [0.2, 0.25) is 0 Å². The predicted molar refractivity (Wildman–Crippen MR) is 59.0 cm³/mol. The van der Waals surface area contributed by atoms with Crippen LogP contribution in [-0.2, 0) is 9.53 Å². The van der Waals surface area contributed by atoms with Crippen LogP contribution in [0.25, 0.3) is 0 Å². The Morgan fingerprint density at radius 1 is 1.40 bits per heavy atom. The third-order valence-corrected chi connectivity index (χ3v) is 3.28. The average molecular weight is 204 g/mol. The van der Waals surface area contributed by atoms with E-state index < -0.39 is 0 Å². The van der Waals surface area contributed by atoms with Crippen molar-refractivity contribution in [3.05, 3.63) is 36.6 Å². The fraction of sp³-hybridized carbons (Fsp3) is 0.462. The quantitative estimate of drug-likeness (QED) is 0.510. The summed E-state index contributed by atoms with van der Waals surface area (Å²) < 4.78 is 5.30. The van der Waals surface area contributed by atoms with Gasteiger partial charge < -0.3 is 4.74 Å². The van der Waals surface area contributed by atoms with Crippen molar-refractivity contribution in [3.8, 4) is 0 Å². The summed E-state index contributed by atoms with van der Waals surface area (Å²) >= 11 is 0. The van der Waals surface area contributed by atoms with Gasteiger partial charge in [0.1, 0.15) is 5.76 Å². The summed E-state index contributed by atoms with van der Waals surface area (Å²) in [5, 5.41) is 0. The molecular formula is C13H16O2. The van der Waals surface area contributed by atoms with Gasteiger partial charge in [0.2, 0.25) is 0 Å². The lowest BCUT2D eigenvalue weighted by Gasteiger charge is -2.33. The number of hydrogen-bond acceptors (Lipinski definition) is 2. The summed E-state index contributed by atoms with van der Waals surface area (Å²) in [6, 6.07) is 0. The topological polar surface area (TPSA) is 26.3 Å². The molecule has 2 heteroatoms. The first kappa shape index (κ1) is 10.2.